The largest absolute Gasteiger partial charge is 0.384 e. The average molecular weight is 310 g/mol. The molecular formula is C14H20N3O3S+. The molecule has 114 valence electrons. The van der Waals surface area contributed by atoms with E-state index in [1.54, 1.807) is 31.2 Å². The summed E-state index contributed by atoms with van der Waals surface area (Å²) in [4.78, 5) is 0. The Bertz CT molecular complexity index is 693. The molecule has 0 aliphatic heterocycles. The second-order valence-corrected chi connectivity index (χ2v) is 6.93. The molecule has 0 saturated heterocycles. The molecule has 0 spiro atoms. The number of aromatic nitrogens is 2. The van der Waals surface area contributed by atoms with E-state index in [1.807, 2.05) is 34.9 Å². The Labute approximate surface area is 124 Å². The summed E-state index contributed by atoms with van der Waals surface area (Å²) < 4.78 is 29.2. The van der Waals surface area contributed by atoms with Gasteiger partial charge >= 0.3 is 0 Å². The first-order valence-electron chi connectivity index (χ1n) is 6.69. The summed E-state index contributed by atoms with van der Waals surface area (Å²) in [6.07, 6.45) is 5.02. The number of nitrogens with one attached hydrogen (secondary N) is 1. The van der Waals surface area contributed by atoms with Gasteiger partial charge in [0, 0.05) is 5.69 Å². The molecule has 21 heavy (non-hydrogen) atoms. The van der Waals surface area contributed by atoms with Gasteiger partial charge in [0.15, 0.2) is 0 Å². The Morgan fingerprint density at radius 2 is 2.00 bits per heavy atom. The van der Waals surface area contributed by atoms with Gasteiger partial charge in [-0.3, -0.25) is 4.72 Å². The van der Waals surface area contributed by atoms with Crippen LogP contribution in [0.3, 0.4) is 0 Å². The van der Waals surface area contributed by atoms with Crippen LogP contribution < -0.4 is 9.29 Å². The Morgan fingerprint density at radius 1 is 1.33 bits per heavy atom. The topological polar surface area (TPSA) is 75.2 Å². The number of hydrogen-bond donors (Lipinski definition) is 2. The van der Waals surface area contributed by atoms with E-state index in [1.165, 1.54) is 0 Å². The Hall–Kier alpha value is -1.86. The number of imidazole rings is 1. The minimum atomic E-state index is -3.27. The molecule has 1 unspecified atom stereocenters. The van der Waals surface area contributed by atoms with Crippen molar-refractivity contribution in [1.82, 2.24) is 4.57 Å². The maximum Gasteiger partial charge on any atom is 0.243 e. The van der Waals surface area contributed by atoms with Gasteiger partial charge in [0.2, 0.25) is 16.4 Å². The summed E-state index contributed by atoms with van der Waals surface area (Å²) in [5.74, 6) is 0.0298. The number of anilines is 1. The van der Waals surface area contributed by atoms with Crippen LogP contribution in [0.2, 0.25) is 0 Å². The highest BCUT2D eigenvalue weighted by Gasteiger charge is 2.13. The van der Waals surface area contributed by atoms with Crippen LogP contribution in [0.1, 0.15) is 18.6 Å². The van der Waals surface area contributed by atoms with Crippen molar-refractivity contribution in [1.29, 1.82) is 0 Å². The van der Waals surface area contributed by atoms with Crippen LogP contribution in [-0.4, -0.2) is 23.8 Å². The standard InChI is InChI=1S/C14H20N3O3S/c1-3-21(19,20)15-13-6-4-12(5-7-13)14(18)10-17-9-8-16(2)11-17/h4-9,11,14-15,18H,3,10H2,1-2H3/q+1. The number of aryl methyl sites for hydroxylation is 1. The van der Waals surface area contributed by atoms with E-state index in [0.717, 1.165) is 5.56 Å². The van der Waals surface area contributed by atoms with Crippen LogP contribution in [0.15, 0.2) is 43.0 Å². The number of nitrogens with zero attached hydrogens (tertiary/aromatic N) is 2. The molecule has 2 N–H and O–H groups in total. The van der Waals surface area contributed by atoms with Gasteiger partial charge in [-0.1, -0.05) is 12.1 Å². The number of aliphatic hydroxyl groups excluding tert-OH is 1. The molecule has 0 radical (unpaired) electrons. The van der Waals surface area contributed by atoms with E-state index in [-0.39, 0.29) is 5.75 Å². The summed E-state index contributed by atoms with van der Waals surface area (Å²) in [5.41, 5.74) is 1.24. The highest BCUT2D eigenvalue weighted by Crippen LogP contribution is 2.18. The predicted molar refractivity (Wildman–Crippen MR) is 80.1 cm³/mol. The number of rotatable bonds is 6. The zero-order valence-electron chi connectivity index (χ0n) is 12.1. The van der Waals surface area contributed by atoms with E-state index in [9.17, 15) is 13.5 Å². The van der Waals surface area contributed by atoms with Crippen molar-refractivity contribution in [2.24, 2.45) is 7.05 Å². The first-order valence-corrected chi connectivity index (χ1v) is 8.34. The lowest BCUT2D eigenvalue weighted by atomic mass is 10.1. The van der Waals surface area contributed by atoms with Gasteiger partial charge in [0.1, 0.15) is 25.0 Å². The van der Waals surface area contributed by atoms with Gasteiger partial charge in [0.25, 0.3) is 0 Å². The lowest BCUT2D eigenvalue weighted by molar-refractivity contribution is -0.671. The van der Waals surface area contributed by atoms with Crippen molar-refractivity contribution < 1.29 is 18.1 Å². The summed E-state index contributed by atoms with van der Waals surface area (Å²) in [5, 5.41) is 10.2. The summed E-state index contributed by atoms with van der Waals surface area (Å²) in [7, 11) is -1.36. The monoisotopic (exact) mass is 310 g/mol. The smallest absolute Gasteiger partial charge is 0.243 e. The van der Waals surface area contributed by atoms with Crippen molar-refractivity contribution >= 4 is 15.7 Å². The van der Waals surface area contributed by atoms with Gasteiger partial charge in [-0.25, -0.2) is 17.6 Å². The molecular weight excluding hydrogens is 290 g/mol. The number of aliphatic hydroxyl groups is 1. The summed E-state index contributed by atoms with van der Waals surface area (Å²) >= 11 is 0. The van der Waals surface area contributed by atoms with Gasteiger partial charge < -0.3 is 5.11 Å². The van der Waals surface area contributed by atoms with E-state index in [2.05, 4.69) is 4.72 Å². The van der Waals surface area contributed by atoms with Crippen molar-refractivity contribution in [3.8, 4) is 0 Å². The zero-order valence-corrected chi connectivity index (χ0v) is 12.9. The van der Waals surface area contributed by atoms with Crippen molar-refractivity contribution in [2.75, 3.05) is 10.5 Å². The molecule has 0 aliphatic carbocycles. The van der Waals surface area contributed by atoms with Crippen LogP contribution in [0.5, 0.6) is 0 Å². The molecule has 0 fully saturated rings. The second kappa shape index (κ2) is 6.28. The first kappa shape index (κ1) is 15.5. The fourth-order valence-corrected chi connectivity index (χ4v) is 2.58. The van der Waals surface area contributed by atoms with Crippen molar-refractivity contribution in [3.63, 3.8) is 0 Å². The quantitative estimate of drug-likeness (QED) is 0.775. The van der Waals surface area contributed by atoms with Crippen LogP contribution in [0.25, 0.3) is 0 Å². The Morgan fingerprint density at radius 3 is 2.52 bits per heavy atom. The molecule has 7 heteroatoms. The minimum absolute atomic E-state index is 0.0298. The highest BCUT2D eigenvalue weighted by atomic mass is 32.2. The van der Waals surface area contributed by atoms with E-state index in [0.29, 0.717) is 12.2 Å². The van der Waals surface area contributed by atoms with Gasteiger partial charge in [-0.05, 0) is 24.6 Å². The lowest BCUT2D eigenvalue weighted by Crippen LogP contribution is -2.24. The third-order valence-electron chi connectivity index (χ3n) is 3.16. The Kier molecular flexibility index (Phi) is 4.64. The molecule has 2 rings (SSSR count). The average Bonchev–Trinajstić information content (AvgIpc) is 2.84. The molecule has 1 heterocycles. The van der Waals surface area contributed by atoms with E-state index >= 15 is 0 Å². The molecule has 0 amide bonds. The van der Waals surface area contributed by atoms with Crippen LogP contribution >= 0.6 is 0 Å². The van der Waals surface area contributed by atoms with Crippen LogP contribution in [-0.2, 0) is 23.6 Å². The highest BCUT2D eigenvalue weighted by molar-refractivity contribution is 7.92. The molecule has 1 aromatic carbocycles. The third-order valence-corrected chi connectivity index (χ3v) is 4.46. The molecule has 6 nitrogen and oxygen atoms in total. The van der Waals surface area contributed by atoms with Crippen molar-refractivity contribution in [3.05, 3.63) is 48.5 Å². The van der Waals surface area contributed by atoms with Gasteiger partial charge in [0.05, 0.1) is 12.8 Å². The first-order chi connectivity index (χ1) is 9.89. The number of hydrogen-bond acceptors (Lipinski definition) is 3. The summed E-state index contributed by atoms with van der Waals surface area (Å²) in [6, 6.07) is 6.76. The molecule has 1 aromatic heterocycles. The fraction of sp³-hybridized carbons (Fsp3) is 0.357. The lowest BCUT2D eigenvalue weighted by Gasteiger charge is -2.10. The minimum Gasteiger partial charge on any atom is -0.384 e. The van der Waals surface area contributed by atoms with Crippen LogP contribution in [0.4, 0.5) is 5.69 Å². The van der Waals surface area contributed by atoms with Gasteiger partial charge in [-0.2, -0.15) is 0 Å². The maximum absolute atomic E-state index is 11.5. The normalized spacial score (nSPS) is 13.1. The van der Waals surface area contributed by atoms with Crippen LogP contribution in [0, 0.1) is 0 Å². The number of sulfonamides is 1. The van der Waals surface area contributed by atoms with E-state index in [4.69, 9.17) is 0 Å². The summed E-state index contributed by atoms with van der Waals surface area (Å²) in [6.45, 7) is 2.03. The fourth-order valence-electron chi connectivity index (χ4n) is 1.94. The molecule has 0 aliphatic rings. The van der Waals surface area contributed by atoms with E-state index < -0.39 is 16.1 Å². The molecule has 0 saturated carbocycles. The second-order valence-electron chi connectivity index (χ2n) is 4.92. The molecule has 2 aromatic rings. The van der Waals surface area contributed by atoms with Crippen molar-refractivity contribution in [2.45, 2.75) is 19.6 Å². The molecule has 0 bridgehead atoms. The molecule has 1 atom stereocenters. The third kappa shape index (κ3) is 4.30. The number of benzene rings is 1. The zero-order chi connectivity index (χ0) is 15.5. The maximum atomic E-state index is 11.5. The predicted octanol–water partition coefficient (Wildman–Crippen LogP) is 0.808. The Balaban J connectivity index is 2.04. The van der Waals surface area contributed by atoms with Gasteiger partial charge in [-0.15, -0.1) is 0 Å². The SMILES string of the molecule is CCS(=O)(=O)Nc1ccc(C(O)Cn2cc[n+](C)c2)cc1.